The molecule has 2 aromatic rings. The van der Waals surface area contributed by atoms with Crippen molar-refractivity contribution in [1.29, 1.82) is 0 Å². The summed E-state index contributed by atoms with van der Waals surface area (Å²) in [6.07, 6.45) is 9.45. The predicted octanol–water partition coefficient (Wildman–Crippen LogP) is 2.59. The lowest BCUT2D eigenvalue weighted by Crippen LogP contribution is -2.49. The number of likely N-dealkylation sites (tertiary alicyclic amines) is 1. The molecule has 0 atom stereocenters. The van der Waals surface area contributed by atoms with Crippen LogP contribution in [0.5, 0.6) is 0 Å². The van der Waals surface area contributed by atoms with Crippen LogP contribution < -0.4 is 5.56 Å². The Kier molecular flexibility index (Phi) is 4.41. The van der Waals surface area contributed by atoms with Crippen LogP contribution in [0, 0.1) is 5.92 Å². The Morgan fingerprint density at radius 3 is 2.65 bits per heavy atom. The van der Waals surface area contributed by atoms with Gasteiger partial charge in [0.1, 0.15) is 5.01 Å². The first kappa shape index (κ1) is 16.6. The molecular weight excluding hydrogens is 344 g/mol. The summed E-state index contributed by atoms with van der Waals surface area (Å²) in [4.78, 5) is 21.2. The van der Waals surface area contributed by atoms with E-state index < -0.39 is 0 Å². The zero-order valence-electron chi connectivity index (χ0n) is 15.2. The molecule has 0 bridgehead atoms. The van der Waals surface area contributed by atoms with Crippen molar-refractivity contribution in [2.75, 3.05) is 13.1 Å². The van der Waals surface area contributed by atoms with Gasteiger partial charge in [0.2, 0.25) is 0 Å². The molecule has 138 valence electrons. The monoisotopic (exact) mass is 370 g/mol. The number of hydrogen-bond donors (Lipinski definition) is 0. The molecule has 0 amide bonds. The van der Waals surface area contributed by atoms with Crippen LogP contribution in [-0.4, -0.2) is 32.8 Å². The van der Waals surface area contributed by atoms with Crippen molar-refractivity contribution in [3.8, 4) is 0 Å². The molecule has 0 aromatic carbocycles. The largest absolute Gasteiger partial charge is 0.296 e. The maximum absolute atomic E-state index is 12.3. The van der Waals surface area contributed by atoms with Gasteiger partial charge in [-0.25, -0.2) is 9.67 Å². The molecule has 0 saturated carbocycles. The average Bonchev–Trinajstić information content (AvgIpc) is 3.02. The number of aryl methyl sites for hydroxylation is 4. The van der Waals surface area contributed by atoms with Crippen LogP contribution in [0.15, 0.2) is 10.9 Å². The van der Waals surface area contributed by atoms with E-state index in [-0.39, 0.29) is 5.56 Å². The molecule has 0 spiro atoms. The lowest BCUT2D eigenvalue weighted by Gasteiger charge is -2.38. The molecule has 6 heteroatoms. The molecule has 2 aromatic heterocycles. The van der Waals surface area contributed by atoms with E-state index in [2.05, 4.69) is 10.00 Å². The second kappa shape index (κ2) is 6.89. The SMILES string of the molecule is O=c1cc2c(nn1CC1CN(Cc3nc4c(s3)CCCC4)C1)CCCC2. The number of aromatic nitrogens is 3. The maximum Gasteiger partial charge on any atom is 0.267 e. The topological polar surface area (TPSA) is 51.0 Å². The van der Waals surface area contributed by atoms with Gasteiger partial charge in [0.05, 0.1) is 24.5 Å². The Balaban J connectivity index is 1.19. The highest BCUT2D eigenvalue weighted by Gasteiger charge is 2.29. The Morgan fingerprint density at radius 2 is 1.81 bits per heavy atom. The van der Waals surface area contributed by atoms with Gasteiger partial charge in [-0.1, -0.05) is 0 Å². The van der Waals surface area contributed by atoms with Gasteiger partial charge in [0.15, 0.2) is 0 Å². The number of thiazole rings is 1. The van der Waals surface area contributed by atoms with E-state index in [0.29, 0.717) is 5.92 Å². The summed E-state index contributed by atoms with van der Waals surface area (Å²) >= 11 is 1.92. The van der Waals surface area contributed by atoms with Crippen LogP contribution in [0.25, 0.3) is 0 Å². The minimum absolute atomic E-state index is 0.0803. The first-order valence-corrected chi connectivity index (χ1v) is 10.9. The first-order valence-electron chi connectivity index (χ1n) is 10.0. The van der Waals surface area contributed by atoms with E-state index in [4.69, 9.17) is 4.98 Å². The molecule has 0 N–H and O–H groups in total. The summed E-state index contributed by atoms with van der Waals surface area (Å²) in [6, 6.07) is 1.83. The Bertz CT molecular complexity index is 842. The molecule has 1 fully saturated rings. The Hall–Kier alpha value is -1.53. The maximum atomic E-state index is 12.3. The molecule has 26 heavy (non-hydrogen) atoms. The number of fused-ring (bicyclic) bond motifs is 2. The number of nitrogens with zero attached hydrogens (tertiary/aromatic N) is 4. The van der Waals surface area contributed by atoms with Crippen molar-refractivity contribution in [2.24, 2.45) is 5.92 Å². The van der Waals surface area contributed by atoms with Crippen LogP contribution in [0.2, 0.25) is 0 Å². The minimum Gasteiger partial charge on any atom is -0.296 e. The van der Waals surface area contributed by atoms with E-state index in [1.807, 2.05) is 17.4 Å². The lowest BCUT2D eigenvalue weighted by atomic mass is 9.96. The fourth-order valence-electron chi connectivity index (χ4n) is 4.56. The molecule has 0 radical (unpaired) electrons. The van der Waals surface area contributed by atoms with Crippen molar-refractivity contribution >= 4 is 11.3 Å². The summed E-state index contributed by atoms with van der Waals surface area (Å²) < 4.78 is 1.72. The quantitative estimate of drug-likeness (QED) is 0.830. The van der Waals surface area contributed by atoms with Gasteiger partial charge < -0.3 is 0 Å². The Morgan fingerprint density at radius 1 is 1.04 bits per heavy atom. The Labute approximate surface area is 158 Å². The molecule has 2 aliphatic carbocycles. The normalized spacial score (nSPS) is 20.5. The summed E-state index contributed by atoms with van der Waals surface area (Å²) in [5.74, 6) is 0.538. The molecule has 0 unspecified atom stereocenters. The second-order valence-electron chi connectivity index (χ2n) is 8.09. The van der Waals surface area contributed by atoms with E-state index in [0.717, 1.165) is 44.7 Å². The fraction of sp³-hybridized carbons (Fsp3) is 0.650. The van der Waals surface area contributed by atoms with Crippen molar-refractivity contribution in [2.45, 2.75) is 64.5 Å². The van der Waals surface area contributed by atoms with Crippen molar-refractivity contribution < 1.29 is 0 Å². The highest BCUT2D eigenvalue weighted by atomic mass is 32.1. The highest BCUT2D eigenvalue weighted by molar-refractivity contribution is 7.11. The smallest absolute Gasteiger partial charge is 0.267 e. The third-order valence-electron chi connectivity index (χ3n) is 5.99. The van der Waals surface area contributed by atoms with Gasteiger partial charge in [-0.3, -0.25) is 9.69 Å². The fourth-order valence-corrected chi connectivity index (χ4v) is 5.76. The number of rotatable bonds is 4. The van der Waals surface area contributed by atoms with E-state index in [1.165, 1.54) is 59.7 Å². The third-order valence-corrected chi connectivity index (χ3v) is 7.13. The summed E-state index contributed by atoms with van der Waals surface area (Å²) in [5, 5.41) is 5.94. The van der Waals surface area contributed by atoms with Crippen molar-refractivity contribution in [3.63, 3.8) is 0 Å². The molecule has 3 heterocycles. The van der Waals surface area contributed by atoms with Gasteiger partial charge in [0, 0.05) is 30.0 Å². The molecule has 1 saturated heterocycles. The number of hydrogen-bond acceptors (Lipinski definition) is 5. The highest BCUT2D eigenvalue weighted by Crippen LogP contribution is 2.29. The van der Waals surface area contributed by atoms with E-state index >= 15 is 0 Å². The predicted molar refractivity (Wildman–Crippen MR) is 103 cm³/mol. The zero-order valence-corrected chi connectivity index (χ0v) is 16.1. The summed E-state index contributed by atoms with van der Waals surface area (Å²) in [7, 11) is 0. The second-order valence-corrected chi connectivity index (χ2v) is 9.26. The van der Waals surface area contributed by atoms with Gasteiger partial charge in [-0.2, -0.15) is 5.10 Å². The average molecular weight is 371 g/mol. The van der Waals surface area contributed by atoms with Gasteiger partial charge >= 0.3 is 0 Å². The summed E-state index contributed by atoms with van der Waals surface area (Å²) in [5.41, 5.74) is 3.77. The molecular formula is C20H26N4OS. The van der Waals surface area contributed by atoms with Crippen molar-refractivity contribution in [3.05, 3.63) is 43.3 Å². The minimum atomic E-state index is 0.0803. The van der Waals surface area contributed by atoms with E-state index in [9.17, 15) is 4.79 Å². The van der Waals surface area contributed by atoms with Crippen molar-refractivity contribution in [1.82, 2.24) is 19.7 Å². The van der Waals surface area contributed by atoms with Crippen LogP contribution >= 0.6 is 11.3 Å². The molecule has 3 aliphatic rings. The van der Waals surface area contributed by atoms with Crippen LogP contribution in [0.1, 0.15) is 52.5 Å². The van der Waals surface area contributed by atoms with Crippen LogP contribution in [-0.2, 0) is 38.8 Å². The van der Waals surface area contributed by atoms with Gasteiger partial charge in [-0.05, 0) is 56.9 Å². The van der Waals surface area contributed by atoms with Gasteiger partial charge in [0.25, 0.3) is 5.56 Å². The van der Waals surface area contributed by atoms with E-state index in [1.54, 1.807) is 4.68 Å². The summed E-state index contributed by atoms with van der Waals surface area (Å²) in [6.45, 7) is 3.84. The lowest BCUT2D eigenvalue weighted by molar-refractivity contribution is 0.0763. The first-order chi connectivity index (χ1) is 12.7. The standard InChI is InChI=1S/C20H26N4OS/c25-20-9-15-5-1-2-6-16(15)22-24(20)12-14-10-23(11-14)13-19-21-17-7-3-4-8-18(17)26-19/h9,14H,1-8,10-13H2. The molecule has 1 aliphatic heterocycles. The van der Waals surface area contributed by atoms with Crippen LogP contribution in [0.4, 0.5) is 0 Å². The van der Waals surface area contributed by atoms with Crippen LogP contribution in [0.3, 0.4) is 0 Å². The zero-order chi connectivity index (χ0) is 17.5. The third kappa shape index (κ3) is 3.25. The molecule has 5 nitrogen and oxygen atoms in total. The molecule has 5 rings (SSSR count). The van der Waals surface area contributed by atoms with Gasteiger partial charge in [-0.15, -0.1) is 11.3 Å².